The molecule has 0 radical (unpaired) electrons. The van der Waals surface area contributed by atoms with Gasteiger partial charge in [-0.2, -0.15) is 5.10 Å². The summed E-state index contributed by atoms with van der Waals surface area (Å²) in [7, 11) is -3.86. The molecule has 32 heavy (non-hydrogen) atoms. The largest absolute Gasteiger partial charge is 0.493 e. The Morgan fingerprint density at radius 3 is 2.62 bits per heavy atom. The second-order valence-corrected chi connectivity index (χ2v) is 10.5. The van der Waals surface area contributed by atoms with Crippen molar-refractivity contribution >= 4 is 15.8 Å². The first-order chi connectivity index (χ1) is 15.3. The lowest BCUT2D eigenvalue weighted by Gasteiger charge is -2.27. The molecule has 1 aromatic carbocycles. The first-order valence-electron chi connectivity index (χ1n) is 11.3. The maximum Gasteiger partial charge on any atom is 0.265 e. The number of sulfonamides is 1. The van der Waals surface area contributed by atoms with Gasteiger partial charge in [0.25, 0.3) is 10.0 Å². The topological polar surface area (TPSA) is 93.9 Å². The molecule has 9 heteroatoms. The Morgan fingerprint density at radius 1 is 1.28 bits per heavy atom. The standard InChI is InChI=1S/C23H35N3O5S/c1-5-25-23(12-18(4)24-25)26(14-17(2)3)32(28,29)21-6-7-22(20(13-21)15-27)31-16-19-8-10-30-11-9-19/h6-7,12-13,17,19,27H,5,8-11,14-16H2,1-4H3. The molecule has 0 atom stereocenters. The second kappa shape index (κ2) is 10.7. The number of anilines is 1. The molecule has 1 aliphatic rings. The Morgan fingerprint density at radius 2 is 2.00 bits per heavy atom. The monoisotopic (exact) mass is 465 g/mol. The molecule has 8 nitrogen and oxygen atoms in total. The van der Waals surface area contributed by atoms with Gasteiger partial charge in [0.05, 0.1) is 23.8 Å². The zero-order chi connectivity index (χ0) is 23.3. The summed E-state index contributed by atoms with van der Waals surface area (Å²) in [6, 6.07) is 6.51. The van der Waals surface area contributed by atoms with Crippen LogP contribution in [0.4, 0.5) is 5.82 Å². The van der Waals surface area contributed by atoms with Crippen LogP contribution in [-0.4, -0.2) is 49.7 Å². The summed E-state index contributed by atoms with van der Waals surface area (Å²) in [5.74, 6) is 1.58. The summed E-state index contributed by atoms with van der Waals surface area (Å²) in [6.07, 6.45) is 1.88. The molecule has 1 N–H and O–H groups in total. The Bertz CT molecular complexity index is 997. The fraction of sp³-hybridized carbons (Fsp3) is 0.609. The summed E-state index contributed by atoms with van der Waals surface area (Å²) in [4.78, 5) is 0.127. The van der Waals surface area contributed by atoms with Crippen LogP contribution in [0.1, 0.15) is 44.9 Å². The molecule has 1 fully saturated rings. The molecule has 0 aliphatic carbocycles. The van der Waals surface area contributed by atoms with Crippen molar-refractivity contribution in [3.63, 3.8) is 0 Å². The first-order valence-corrected chi connectivity index (χ1v) is 12.7. The molecular weight excluding hydrogens is 430 g/mol. The van der Waals surface area contributed by atoms with Gasteiger partial charge >= 0.3 is 0 Å². The molecule has 3 rings (SSSR count). The number of hydrogen-bond donors (Lipinski definition) is 1. The summed E-state index contributed by atoms with van der Waals surface area (Å²) in [5.41, 5.74) is 1.22. The van der Waals surface area contributed by atoms with Crippen LogP contribution in [0.3, 0.4) is 0 Å². The minimum atomic E-state index is -3.86. The quantitative estimate of drug-likeness (QED) is 0.578. The van der Waals surface area contributed by atoms with Crippen molar-refractivity contribution in [2.24, 2.45) is 11.8 Å². The fourth-order valence-corrected chi connectivity index (χ4v) is 5.51. The number of aromatic nitrogens is 2. The Kier molecular flexibility index (Phi) is 8.19. The molecule has 2 heterocycles. The van der Waals surface area contributed by atoms with Gasteiger partial charge in [0, 0.05) is 37.9 Å². The van der Waals surface area contributed by atoms with E-state index in [2.05, 4.69) is 5.10 Å². The molecule has 0 amide bonds. The third kappa shape index (κ3) is 5.63. The number of ether oxygens (including phenoxy) is 2. The summed E-state index contributed by atoms with van der Waals surface area (Å²) >= 11 is 0. The molecule has 0 saturated carbocycles. The lowest BCUT2D eigenvalue weighted by Crippen LogP contribution is -2.36. The molecule has 2 aromatic rings. The van der Waals surface area contributed by atoms with Crippen LogP contribution in [0, 0.1) is 18.8 Å². The fourth-order valence-electron chi connectivity index (χ4n) is 3.84. The maximum absolute atomic E-state index is 13.7. The normalized spacial score (nSPS) is 15.3. The van der Waals surface area contributed by atoms with Crippen LogP contribution < -0.4 is 9.04 Å². The zero-order valence-corrected chi connectivity index (χ0v) is 20.3. The Balaban J connectivity index is 1.90. The molecule has 178 valence electrons. The van der Waals surface area contributed by atoms with Gasteiger partial charge in [-0.15, -0.1) is 0 Å². The molecule has 0 spiro atoms. The van der Waals surface area contributed by atoms with E-state index >= 15 is 0 Å². The van der Waals surface area contributed by atoms with E-state index < -0.39 is 10.0 Å². The van der Waals surface area contributed by atoms with Crippen molar-refractivity contribution < 1.29 is 23.0 Å². The van der Waals surface area contributed by atoms with Crippen molar-refractivity contribution in [3.05, 3.63) is 35.5 Å². The molecule has 1 saturated heterocycles. The van der Waals surface area contributed by atoms with Crippen LogP contribution >= 0.6 is 0 Å². The van der Waals surface area contributed by atoms with E-state index in [1.807, 2.05) is 27.7 Å². The summed E-state index contributed by atoms with van der Waals surface area (Å²) in [5, 5.41) is 14.3. The molecule has 0 bridgehead atoms. The molecule has 0 unspecified atom stereocenters. The number of aliphatic hydroxyl groups is 1. The summed E-state index contributed by atoms with van der Waals surface area (Å²) in [6.45, 7) is 10.3. The molecule has 1 aliphatic heterocycles. The highest BCUT2D eigenvalue weighted by Crippen LogP contribution is 2.30. The van der Waals surface area contributed by atoms with E-state index in [0.717, 1.165) is 31.7 Å². The van der Waals surface area contributed by atoms with Gasteiger partial charge in [-0.05, 0) is 56.7 Å². The van der Waals surface area contributed by atoms with Crippen molar-refractivity contribution in [2.45, 2.75) is 58.6 Å². The highest BCUT2D eigenvalue weighted by molar-refractivity contribution is 7.92. The second-order valence-electron chi connectivity index (χ2n) is 8.68. The predicted octanol–water partition coefficient (Wildman–Crippen LogP) is 3.36. The number of hydrogen-bond acceptors (Lipinski definition) is 6. The number of nitrogens with zero attached hydrogens (tertiary/aromatic N) is 3. The zero-order valence-electron chi connectivity index (χ0n) is 19.5. The molecule has 1 aromatic heterocycles. The van der Waals surface area contributed by atoms with Gasteiger partial charge in [0.15, 0.2) is 0 Å². The third-order valence-corrected chi connectivity index (χ3v) is 7.34. The van der Waals surface area contributed by atoms with E-state index in [-0.39, 0.29) is 17.4 Å². The van der Waals surface area contributed by atoms with Gasteiger partial charge in [0.2, 0.25) is 0 Å². The minimum Gasteiger partial charge on any atom is -0.493 e. The lowest BCUT2D eigenvalue weighted by molar-refractivity contribution is 0.0494. The van der Waals surface area contributed by atoms with Crippen LogP contribution in [0.15, 0.2) is 29.2 Å². The van der Waals surface area contributed by atoms with Crippen LogP contribution in [0.2, 0.25) is 0 Å². The SMILES string of the molecule is CCn1nc(C)cc1N(CC(C)C)S(=O)(=O)c1ccc(OCC2CCOCC2)c(CO)c1. The van der Waals surface area contributed by atoms with Crippen LogP contribution in [0.25, 0.3) is 0 Å². The number of benzene rings is 1. The number of rotatable bonds is 10. The van der Waals surface area contributed by atoms with Crippen molar-refractivity contribution in [2.75, 3.05) is 30.7 Å². The van der Waals surface area contributed by atoms with Gasteiger partial charge in [0.1, 0.15) is 11.6 Å². The smallest absolute Gasteiger partial charge is 0.265 e. The number of aliphatic hydroxyl groups excluding tert-OH is 1. The van der Waals surface area contributed by atoms with Gasteiger partial charge in [-0.3, -0.25) is 0 Å². The van der Waals surface area contributed by atoms with E-state index in [1.165, 1.54) is 10.4 Å². The predicted molar refractivity (Wildman–Crippen MR) is 123 cm³/mol. The van der Waals surface area contributed by atoms with Crippen LogP contribution in [0.5, 0.6) is 5.75 Å². The Labute approximate surface area is 191 Å². The minimum absolute atomic E-state index is 0.115. The van der Waals surface area contributed by atoms with Gasteiger partial charge in [-0.1, -0.05) is 13.8 Å². The van der Waals surface area contributed by atoms with E-state index in [9.17, 15) is 13.5 Å². The van der Waals surface area contributed by atoms with Crippen molar-refractivity contribution in [3.8, 4) is 5.75 Å². The van der Waals surface area contributed by atoms with Gasteiger partial charge in [-0.25, -0.2) is 17.4 Å². The van der Waals surface area contributed by atoms with Gasteiger partial charge < -0.3 is 14.6 Å². The third-order valence-electron chi connectivity index (χ3n) is 5.57. The van der Waals surface area contributed by atoms with Crippen LogP contribution in [-0.2, 0) is 27.9 Å². The number of aryl methyl sites for hydroxylation is 2. The highest BCUT2D eigenvalue weighted by Gasteiger charge is 2.29. The van der Waals surface area contributed by atoms with Crippen molar-refractivity contribution in [1.82, 2.24) is 9.78 Å². The molecular formula is C23H35N3O5S. The summed E-state index contributed by atoms with van der Waals surface area (Å²) < 4.78 is 41.8. The average molecular weight is 466 g/mol. The van der Waals surface area contributed by atoms with E-state index in [0.29, 0.717) is 42.7 Å². The van der Waals surface area contributed by atoms with E-state index in [4.69, 9.17) is 9.47 Å². The lowest BCUT2D eigenvalue weighted by atomic mass is 10.0. The Hall–Kier alpha value is -2.10. The van der Waals surface area contributed by atoms with E-state index in [1.54, 1.807) is 22.9 Å². The average Bonchev–Trinajstić information content (AvgIpc) is 3.16. The first kappa shape index (κ1) is 24.5. The highest BCUT2D eigenvalue weighted by atomic mass is 32.2. The van der Waals surface area contributed by atoms with Crippen molar-refractivity contribution in [1.29, 1.82) is 0 Å². The maximum atomic E-state index is 13.7.